The molecule has 1 atom stereocenters. The van der Waals surface area contributed by atoms with E-state index in [1.165, 1.54) is 19.3 Å². The molecule has 1 saturated carbocycles. The highest BCUT2D eigenvalue weighted by molar-refractivity contribution is 6.32. The Bertz CT molecular complexity index is 588. The molecule has 24 heavy (non-hydrogen) atoms. The number of hydrogen-bond acceptors (Lipinski definition) is 4. The first kappa shape index (κ1) is 17.4. The van der Waals surface area contributed by atoms with E-state index < -0.39 is 0 Å². The molecular weight excluding hydrogens is 328 g/mol. The van der Waals surface area contributed by atoms with Crippen LogP contribution in [0.2, 0.25) is 5.02 Å². The molecule has 1 aromatic carbocycles. The molecule has 1 heterocycles. The summed E-state index contributed by atoms with van der Waals surface area (Å²) < 4.78 is 11.1. The van der Waals surface area contributed by atoms with Crippen LogP contribution < -0.4 is 20.5 Å². The summed E-state index contributed by atoms with van der Waals surface area (Å²) in [6, 6.07) is 3.66. The number of halogens is 1. The van der Waals surface area contributed by atoms with Crippen LogP contribution in [0.25, 0.3) is 0 Å². The zero-order valence-corrected chi connectivity index (χ0v) is 14.6. The van der Waals surface area contributed by atoms with Crippen LogP contribution in [0.5, 0.6) is 11.5 Å². The molecule has 0 radical (unpaired) electrons. The number of fused-ring (bicyclic) bond motifs is 1. The fraction of sp³-hybridized carbons (Fsp3) is 0.611. The molecule has 1 aliphatic heterocycles. The maximum Gasteiger partial charge on any atom is 0.224 e. The van der Waals surface area contributed by atoms with Gasteiger partial charge in [0.2, 0.25) is 5.91 Å². The Morgan fingerprint density at radius 1 is 1.25 bits per heavy atom. The second-order valence-electron chi connectivity index (χ2n) is 6.59. The molecule has 1 unspecified atom stereocenters. The zero-order chi connectivity index (χ0) is 16.9. The van der Waals surface area contributed by atoms with Gasteiger partial charge in [0.1, 0.15) is 13.2 Å². The highest BCUT2D eigenvalue weighted by atomic mass is 35.5. The molecule has 3 N–H and O–H groups in total. The summed E-state index contributed by atoms with van der Waals surface area (Å²) in [7, 11) is 0. The van der Waals surface area contributed by atoms with Gasteiger partial charge in [-0.15, -0.1) is 0 Å². The Morgan fingerprint density at radius 3 is 2.75 bits per heavy atom. The van der Waals surface area contributed by atoms with E-state index in [0.29, 0.717) is 42.2 Å². The lowest BCUT2D eigenvalue weighted by atomic mass is 9.84. The van der Waals surface area contributed by atoms with E-state index in [9.17, 15) is 4.79 Å². The molecule has 0 saturated heterocycles. The summed E-state index contributed by atoms with van der Waals surface area (Å²) in [5, 5.41) is 3.59. The number of nitrogens with one attached hydrogen (secondary N) is 1. The molecule has 2 aliphatic rings. The number of hydrogen-bond donors (Lipinski definition) is 2. The molecule has 5 nitrogen and oxygen atoms in total. The molecule has 0 bridgehead atoms. The molecule has 6 heteroatoms. The van der Waals surface area contributed by atoms with Crippen molar-refractivity contribution in [3.8, 4) is 11.5 Å². The Kier molecular flexibility index (Phi) is 5.85. The Labute approximate surface area is 147 Å². The highest BCUT2D eigenvalue weighted by Gasteiger charge is 2.24. The van der Waals surface area contributed by atoms with E-state index in [-0.39, 0.29) is 18.4 Å². The van der Waals surface area contributed by atoms with Crippen LogP contribution in [-0.4, -0.2) is 31.7 Å². The van der Waals surface area contributed by atoms with Crippen molar-refractivity contribution < 1.29 is 14.3 Å². The molecule has 1 fully saturated rings. The predicted molar refractivity (Wildman–Crippen MR) is 93.7 cm³/mol. The van der Waals surface area contributed by atoms with Gasteiger partial charge in [0.25, 0.3) is 0 Å². The van der Waals surface area contributed by atoms with Gasteiger partial charge >= 0.3 is 0 Å². The molecule has 1 aliphatic carbocycles. The van der Waals surface area contributed by atoms with Crippen molar-refractivity contribution in [1.82, 2.24) is 5.32 Å². The SMILES string of the molecule is NCC(NC(=O)Cc1cc(Cl)c2c(c1)OCCO2)C1CCCCC1. The maximum atomic E-state index is 12.4. The lowest BCUT2D eigenvalue weighted by molar-refractivity contribution is -0.121. The van der Waals surface area contributed by atoms with Crippen molar-refractivity contribution in [1.29, 1.82) is 0 Å². The summed E-state index contributed by atoms with van der Waals surface area (Å²) >= 11 is 6.23. The number of amides is 1. The minimum Gasteiger partial charge on any atom is -0.486 e. The smallest absolute Gasteiger partial charge is 0.224 e. The monoisotopic (exact) mass is 352 g/mol. The number of ether oxygens (including phenoxy) is 2. The van der Waals surface area contributed by atoms with Crippen molar-refractivity contribution in [3.05, 3.63) is 22.7 Å². The van der Waals surface area contributed by atoms with E-state index in [0.717, 1.165) is 18.4 Å². The van der Waals surface area contributed by atoms with Crippen LogP contribution in [0.4, 0.5) is 0 Å². The van der Waals surface area contributed by atoms with Gasteiger partial charge in [-0.05, 0) is 36.5 Å². The average Bonchev–Trinajstić information content (AvgIpc) is 2.60. The molecule has 0 spiro atoms. The predicted octanol–water partition coefficient (Wildman–Crippen LogP) is 2.68. The third-order valence-corrected chi connectivity index (χ3v) is 5.12. The van der Waals surface area contributed by atoms with E-state index in [4.69, 9.17) is 26.8 Å². The number of carbonyl (C=O) groups excluding carboxylic acids is 1. The molecule has 1 aromatic rings. The van der Waals surface area contributed by atoms with Crippen molar-refractivity contribution in [2.24, 2.45) is 11.7 Å². The first-order chi connectivity index (χ1) is 11.7. The fourth-order valence-electron chi connectivity index (χ4n) is 3.62. The summed E-state index contributed by atoms with van der Waals surface area (Å²) in [5.74, 6) is 1.65. The molecule has 0 aromatic heterocycles. The van der Waals surface area contributed by atoms with Crippen LogP contribution in [0.15, 0.2) is 12.1 Å². The minimum absolute atomic E-state index is 0.0243. The average molecular weight is 353 g/mol. The van der Waals surface area contributed by atoms with Crippen molar-refractivity contribution in [3.63, 3.8) is 0 Å². The van der Waals surface area contributed by atoms with Crippen molar-refractivity contribution >= 4 is 17.5 Å². The molecular formula is C18H25ClN2O3. The van der Waals surface area contributed by atoms with Gasteiger partial charge in [-0.3, -0.25) is 4.79 Å². The van der Waals surface area contributed by atoms with Crippen LogP contribution in [0.1, 0.15) is 37.7 Å². The van der Waals surface area contributed by atoms with E-state index in [2.05, 4.69) is 5.32 Å². The summed E-state index contributed by atoms with van der Waals surface area (Å²) in [5.41, 5.74) is 6.71. The Balaban J connectivity index is 1.62. The molecule has 1 amide bonds. The Hall–Kier alpha value is -1.46. The van der Waals surface area contributed by atoms with E-state index in [1.807, 2.05) is 6.07 Å². The van der Waals surface area contributed by atoms with Crippen molar-refractivity contribution in [2.75, 3.05) is 19.8 Å². The van der Waals surface area contributed by atoms with Gasteiger partial charge in [0.15, 0.2) is 11.5 Å². The van der Waals surface area contributed by atoms with E-state index >= 15 is 0 Å². The van der Waals surface area contributed by atoms with Crippen LogP contribution in [0, 0.1) is 5.92 Å². The number of nitrogens with two attached hydrogens (primary N) is 1. The van der Waals surface area contributed by atoms with Crippen LogP contribution in [0.3, 0.4) is 0 Å². The second kappa shape index (κ2) is 8.08. The summed E-state index contributed by atoms with van der Waals surface area (Å²) in [6.45, 7) is 1.47. The Morgan fingerprint density at radius 2 is 2.00 bits per heavy atom. The summed E-state index contributed by atoms with van der Waals surface area (Å²) in [4.78, 5) is 12.4. The van der Waals surface area contributed by atoms with Crippen molar-refractivity contribution in [2.45, 2.75) is 44.6 Å². The lowest BCUT2D eigenvalue weighted by Gasteiger charge is -2.30. The normalized spacial score (nSPS) is 18.9. The van der Waals surface area contributed by atoms with E-state index in [1.54, 1.807) is 6.07 Å². The number of carbonyl (C=O) groups is 1. The number of rotatable bonds is 5. The van der Waals surface area contributed by atoms with Crippen LogP contribution in [-0.2, 0) is 11.2 Å². The molecule has 3 rings (SSSR count). The lowest BCUT2D eigenvalue weighted by Crippen LogP contribution is -2.46. The quantitative estimate of drug-likeness (QED) is 0.854. The summed E-state index contributed by atoms with van der Waals surface area (Å²) in [6.07, 6.45) is 6.32. The fourth-order valence-corrected chi connectivity index (χ4v) is 3.90. The topological polar surface area (TPSA) is 73.6 Å². The van der Waals surface area contributed by atoms with Gasteiger partial charge in [-0.1, -0.05) is 30.9 Å². The third-order valence-electron chi connectivity index (χ3n) is 4.84. The highest BCUT2D eigenvalue weighted by Crippen LogP contribution is 2.38. The largest absolute Gasteiger partial charge is 0.486 e. The first-order valence-corrected chi connectivity index (χ1v) is 9.12. The van der Waals surface area contributed by atoms with Gasteiger partial charge in [0.05, 0.1) is 11.4 Å². The van der Waals surface area contributed by atoms with Crippen LogP contribution >= 0.6 is 11.6 Å². The van der Waals surface area contributed by atoms with Gasteiger partial charge in [-0.2, -0.15) is 0 Å². The maximum absolute atomic E-state index is 12.4. The first-order valence-electron chi connectivity index (χ1n) is 8.75. The molecule has 132 valence electrons. The minimum atomic E-state index is -0.0243. The van der Waals surface area contributed by atoms with Gasteiger partial charge < -0.3 is 20.5 Å². The third kappa shape index (κ3) is 4.14. The second-order valence-corrected chi connectivity index (χ2v) is 6.99. The standard InChI is InChI=1S/C18H25ClN2O3/c19-14-8-12(9-16-18(14)24-7-6-23-16)10-17(22)21-15(11-20)13-4-2-1-3-5-13/h8-9,13,15H,1-7,10-11,20H2,(H,21,22). The number of benzene rings is 1. The van der Waals surface area contributed by atoms with Gasteiger partial charge in [0, 0.05) is 12.6 Å². The zero-order valence-electron chi connectivity index (χ0n) is 13.9. The van der Waals surface area contributed by atoms with Gasteiger partial charge in [-0.25, -0.2) is 0 Å².